The topological polar surface area (TPSA) is 41.5 Å². The number of hydrogen-bond donors (Lipinski definition) is 2. The number of terminal acetylenes is 1. The van der Waals surface area contributed by atoms with E-state index in [1.54, 1.807) is 6.92 Å². The third-order valence-corrected chi connectivity index (χ3v) is 0.636. The van der Waals surface area contributed by atoms with Crippen LogP contribution in [0, 0.1) is 12.3 Å². The van der Waals surface area contributed by atoms with Crippen molar-refractivity contribution >= 4 is 0 Å². The normalized spacial score (nSPS) is 12.6. The summed E-state index contributed by atoms with van der Waals surface area (Å²) in [6.45, 7) is 2.29. The summed E-state index contributed by atoms with van der Waals surface area (Å²) < 4.78 is 0. The molecule has 0 aromatic rings. The number of aliphatic hydroxyl groups excluding tert-OH is 1. The first-order valence-corrected chi connectivity index (χ1v) is 2.73. The van der Waals surface area contributed by atoms with E-state index in [1.165, 1.54) is 0 Å². The molecule has 0 radical (unpaired) electrons. The van der Waals surface area contributed by atoms with E-state index >= 15 is 0 Å². The summed E-state index contributed by atoms with van der Waals surface area (Å²) in [5.74, 6) is 2.28. The van der Waals surface area contributed by atoms with E-state index in [9.17, 15) is 0 Å². The van der Waals surface area contributed by atoms with Crippen LogP contribution in [-0.4, -0.2) is 24.4 Å². The van der Waals surface area contributed by atoms with Gasteiger partial charge in [0.1, 0.15) is 6.61 Å². The van der Waals surface area contributed by atoms with Gasteiger partial charge >= 0.3 is 0 Å². The van der Waals surface area contributed by atoms with Crippen molar-refractivity contribution in [2.45, 2.75) is 13.0 Å². The van der Waals surface area contributed by atoms with Crippen molar-refractivity contribution in [2.24, 2.45) is 0 Å². The summed E-state index contributed by atoms with van der Waals surface area (Å²) >= 11 is 0. The predicted octanol–water partition coefficient (Wildman–Crippen LogP) is -0.478. The second-order valence-electron chi connectivity index (χ2n) is 1.69. The minimum absolute atomic E-state index is 0.229. The molecule has 1 atom stereocenters. The molecule has 3 heteroatoms. The second-order valence-corrected chi connectivity index (χ2v) is 1.69. The lowest BCUT2D eigenvalue weighted by molar-refractivity contribution is 0.0371. The average Bonchev–Trinajstić information content (AvgIpc) is 1.80. The summed E-state index contributed by atoms with van der Waals surface area (Å²) in [7, 11) is 0. The van der Waals surface area contributed by atoms with Crippen molar-refractivity contribution in [1.82, 2.24) is 5.48 Å². The number of hydroxylamine groups is 1. The van der Waals surface area contributed by atoms with Crippen LogP contribution in [-0.2, 0) is 4.84 Å². The first-order chi connectivity index (χ1) is 4.27. The van der Waals surface area contributed by atoms with Crippen LogP contribution in [0.4, 0.5) is 0 Å². The third kappa shape index (κ3) is 7.44. The molecule has 0 aromatic carbocycles. The number of hydrogen-bond acceptors (Lipinski definition) is 3. The van der Waals surface area contributed by atoms with Gasteiger partial charge in [0.15, 0.2) is 0 Å². The summed E-state index contributed by atoms with van der Waals surface area (Å²) in [5, 5.41) is 8.66. The van der Waals surface area contributed by atoms with Crippen molar-refractivity contribution in [3.63, 3.8) is 0 Å². The molecule has 9 heavy (non-hydrogen) atoms. The van der Waals surface area contributed by atoms with E-state index < -0.39 is 6.10 Å². The van der Waals surface area contributed by atoms with Crippen LogP contribution >= 0.6 is 0 Å². The summed E-state index contributed by atoms with van der Waals surface area (Å²) in [5.41, 5.74) is 2.49. The van der Waals surface area contributed by atoms with Gasteiger partial charge in [-0.2, -0.15) is 5.48 Å². The minimum atomic E-state index is -0.400. The Kier molecular flexibility index (Phi) is 5.23. The zero-order valence-corrected chi connectivity index (χ0v) is 5.42. The molecule has 2 N–H and O–H groups in total. The number of nitrogens with one attached hydrogen (secondary N) is 1. The molecule has 52 valence electrons. The molecule has 0 saturated carbocycles. The maximum absolute atomic E-state index is 8.66. The molecule has 0 aliphatic rings. The second kappa shape index (κ2) is 5.57. The van der Waals surface area contributed by atoms with Gasteiger partial charge in [0, 0.05) is 6.54 Å². The van der Waals surface area contributed by atoms with E-state index in [2.05, 4.69) is 16.2 Å². The molecule has 0 aliphatic carbocycles. The van der Waals surface area contributed by atoms with Crippen LogP contribution in [0.25, 0.3) is 0 Å². The Bertz CT molecular complexity index is 95.7. The van der Waals surface area contributed by atoms with Crippen molar-refractivity contribution in [2.75, 3.05) is 13.2 Å². The highest BCUT2D eigenvalue weighted by molar-refractivity contribution is 4.82. The van der Waals surface area contributed by atoms with Crippen LogP contribution in [0.3, 0.4) is 0 Å². The number of rotatable bonds is 4. The summed E-state index contributed by atoms with van der Waals surface area (Å²) in [4.78, 5) is 4.65. The molecule has 3 nitrogen and oxygen atoms in total. The van der Waals surface area contributed by atoms with E-state index in [-0.39, 0.29) is 6.61 Å². The van der Waals surface area contributed by atoms with Crippen molar-refractivity contribution in [3.05, 3.63) is 0 Å². The molecule has 0 spiro atoms. The van der Waals surface area contributed by atoms with Gasteiger partial charge in [-0.25, -0.2) is 0 Å². The zero-order valence-electron chi connectivity index (χ0n) is 5.42. The Labute approximate surface area is 55.0 Å². The Hall–Kier alpha value is -0.560. The molecule has 0 rings (SSSR count). The quantitative estimate of drug-likeness (QED) is 0.306. The van der Waals surface area contributed by atoms with Crippen LogP contribution in [0.2, 0.25) is 0 Å². The summed E-state index contributed by atoms with van der Waals surface area (Å²) in [6.07, 6.45) is 4.47. The van der Waals surface area contributed by atoms with Gasteiger partial charge in [-0.05, 0) is 6.92 Å². The fourth-order valence-corrected chi connectivity index (χ4v) is 0.272. The first-order valence-electron chi connectivity index (χ1n) is 2.73. The molecule has 0 bridgehead atoms. The van der Waals surface area contributed by atoms with E-state index in [0.717, 1.165) is 0 Å². The van der Waals surface area contributed by atoms with E-state index in [1.807, 2.05) is 0 Å². The maximum Gasteiger partial charge on any atom is 0.128 e. The Morgan fingerprint density at radius 3 is 3.00 bits per heavy atom. The van der Waals surface area contributed by atoms with Crippen LogP contribution in [0.15, 0.2) is 0 Å². The lowest BCUT2D eigenvalue weighted by atomic mass is 10.4. The molecule has 0 fully saturated rings. The zero-order chi connectivity index (χ0) is 7.11. The summed E-state index contributed by atoms with van der Waals surface area (Å²) in [6, 6.07) is 0. The van der Waals surface area contributed by atoms with Crippen molar-refractivity contribution < 1.29 is 9.94 Å². The fraction of sp³-hybridized carbons (Fsp3) is 0.667. The smallest absolute Gasteiger partial charge is 0.128 e. The first kappa shape index (κ1) is 8.44. The molecule has 0 aromatic heterocycles. The molecule has 0 aliphatic heterocycles. The average molecular weight is 129 g/mol. The SMILES string of the molecule is C#CCONC[C@H](C)O. The minimum Gasteiger partial charge on any atom is -0.392 e. The van der Waals surface area contributed by atoms with Gasteiger partial charge in [-0.1, -0.05) is 5.92 Å². The van der Waals surface area contributed by atoms with E-state index in [0.29, 0.717) is 6.54 Å². The van der Waals surface area contributed by atoms with Crippen molar-refractivity contribution in [1.29, 1.82) is 0 Å². The van der Waals surface area contributed by atoms with Gasteiger partial charge in [-0.15, -0.1) is 6.42 Å². The standard InChI is InChI=1S/C6H11NO2/c1-3-4-9-7-5-6(2)8/h1,6-8H,4-5H2,2H3/t6-/m0/s1. The van der Waals surface area contributed by atoms with E-state index in [4.69, 9.17) is 11.5 Å². The Morgan fingerprint density at radius 1 is 1.89 bits per heavy atom. The Morgan fingerprint density at radius 2 is 2.56 bits per heavy atom. The van der Waals surface area contributed by atoms with Gasteiger partial charge in [0.05, 0.1) is 6.10 Å². The maximum atomic E-state index is 8.66. The van der Waals surface area contributed by atoms with Gasteiger partial charge < -0.3 is 5.11 Å². The lowest BCUT2D eigenvalue weighted by Gasteiger charge is -2.03. The fourth-order valence-electron chi connectivity index (χ4n) is 0.272. The molecule has 0 amide bonds. The van der Waals surface area contributed by atoms with Crippen molar-refractivity contribution in [3.8, 4) is 12.3 Å². The van der Waals surface area contributed by atoms with Crippen LogP contribution < -0.4 is 5.48 Å². The highest BCUT2D eigenvalue weighted by Crippen LogP contribution is 1.73. The monoisotopic (exact) mass is 129 g/mol. The predicted molar refractivity (Wildman–Crippen MR) is 34.5 cm³/mol. The number of aliphatic hydroxyl groups is 1. The lowest BCUT2D eigenvalue weighted by Crippen LogP contribution is -2.24. The van der Waals surface area contributed by atoms with Crippen LogP contribution in [0.1, 0.15) is 6.92 Å². The largest absolute Gasteiger partial charge is 0.392 e. The van der Waals surface area contributed by atoms with Gasteiger partial charge in [0.25, 0.3) is 0 Å². The van der Waals surface area contributed by atoms with Crippen LogP contribution in [0.5, 0.6) is 0 Å². The third-order valence-electron chi connectivity index (χ3n) is 0.636. The molecule has 0 saturated heterocycles. The highest BCUT2D eigenvalue weighted by Gasteiger charge is 1.91. The molecule has 0 heterocycles. The molecule has 0 unspecified atom stereocenters. The molecular weight excluding hydrogens is 118 g/mol. The highest BCUT2D eigenvalue weighted by atomic mass is 16.6. The molecular formula is C6H11NO2. The Balaban J connectivity index is 2.85. The van der Waals surface area contributed by atoms with Gasteiger partial charge in [-0.3, -0.25) is 4.84 Å². The van der Waals surface area contributed by atoms with Gasteiger partial charge in [0.2, 0.25) is 0 Å².